The van der Waals surface area contributed by atoms with Gasteiger partial charge in [-0.2, -0.15) is 0 Å². The molecule has 3 nitrogen and oxygen atoms in total. The molecule has 0 aromatic heterocycles. The van der Waals surface area contributed by atoms with E-state index in [0.717, 1.165) is 13.1 Å². The van der Waals surface area contributed by atoms with Crippen molar-refractivity contribution in [1.82, 2.24) is 4.90 Å². The Labute approximate surface area is 117 Å². The molecule has 1 rings (SSSR count). The van der Waals surface area contributed by atoms with Crippen molar-refractivity contribution >= 4 is 29.2 Å². The Balaban J connectivity index is 3.36. The summed E-state index contributed by atoms with van der Waals surface area (Å²) < 4.78 is 0. The van der Waals surface area contributed by atoms with Gasteiger partial charge in [-0.15, -0.1) is 0 Å². The Bertz CT molecular complexity index is 445. The second-order valence-electron chi connectivity index (χ2n) is 4.02. The average molecular weight is 290 g/mol. The molecule has 0 saturated carbocycles. The molecule has 0 aliphatic heterocycles. The Morgan fingerprint density at radius 1 is 1.33 bits per heavy atom. The van der Waals surface area contributed by atoms with Crippen LogP contribution in [0.4, 0.5) is 0 Å². The van der Waals surface area contributed by atoms with E-state index in [1.54, 1.807) is 0 Å². The molecule has 0 saturated heterocycles. The first-order valence-corrected chi connectivity index (χ1v) is 6.64. The topological polar surface area (TPSA) is 40.5 Å². The number of rotatable bonds is 5. The molecule has 18 heavy (non-hydrogen) atoms. The maximum Gasteiger partial charge on any atom is 0.336 e. The van der Waals surface area contributed by atoms with Gasteiger partial charge in [0.25, 0.3) is 0 Å². The van der Waals surface area contributed by atoms with Crippen LogP contribution in [-0.4, -0.2) is 29.1 Å². The summed E-state index contributed by atoms with van der Waals surface area (Å²) in [6.07, 6.45) is 0. The van der Waals surface area contributed by atoms with Crippen molar-refractivity contribution in [2.45, 2.75) is 26.8 Å². The second-order valence-corrected chi connectivity index (χ2v) is 4.81. The minimum Gasteiger partial charge on any atom is -0.478 e. The van der Waals surface area contributed by atoms with Crippen molar-refractivity contribution in [1.29, 1.82) is 0 Å². The van der Waals surface area contributed by atoms with E-state index in [2.05, 4.69) is 4.90 Å². The summed E-state index contributed by atoms with van der Waals surface area (Å²) in [6, 6.07) is 2.94. The zero-order valence-electron chi connectivity index (χ0n) is 10.7. The number of aromatic carboxylic acids is 1. The van der Waals surface area contributed by atoms with Crippen LogP contribution in [0.1, 0.15) is 42.7 Å². The number of carboxylic acids is 1. The van der Waals surface area contributed by atoms with Crippen LogP contribution >= 0.6 is 23.2 Å². The summed E-state index contributed by atoms with van der Waals surface area (Å²) in [5.74, 6) is -0.984. The lowest BCUT2D eigenvalue weighted by Gasteiger charge is -2.28. The van der Waals surface area contributed by atoms with E-state index in [1.807, 2.05) is 20.8 Å². The maximum atomic E-state index is 11.3. The third kappa shape index (κ3) is 2.97. The molecule has 1 aromatic carbocycles. The van der Waals surface area contributed by atoms with E-state index in [4.69, 9.17) is 23.2 Å². The first kappa shape index (κ1) is 15.3. The fraction of sp³-hybridized carbons (Fsp3) is 0.462. The summed E-state index contributed by atoms with van der Waals surface area (Å²) in [7, 11) is 0. The van der Waals surface area contributed by atoms with Gasteiger partial charge in [-0.25, -0.2) is 4.79 Å². The molecule has 0 amide bonds. The number of halogens is 2. The predicted octanol–water partition coefficient (Wildman–Crippen LogP) is 4.09. The highest BCUT2D eigenvalue weighted by molar-refractivity contribution is 6.42. The molecule has 0 heterocycles. The van der Waals surface area contributed by atoms with Gasteiger partial charge >= 0.3 is 5.97 Å². The fourth-order valence-corrected chi connectivity index (χ4v) is 2.60. The van der Waals surface area contributed by atoms with Gasteiger partial charge in [0.15, 0.2) is 0 Å². The molecule has 100 valence electrons. The van der Waals surface area contributed by atoms with E-state index in [1.165, 1.54) is 12.1 Å². The van der Waals surface area contributed by atoms with Crippen molar-refractivity contribution in [2.24, 2.45) is 0 Å². The lowest BCUT2D eigenvalue weighted by Crippen LogP contribution is -2.28. The van der Waals surface area contributed by atoms with E-state index in [-0.39, 0.29) is 11.6 Å². The lowest BCUT2D eigenvalue weighted by atomic mass is 10.00. The van der Waals surface area contributed by atoms with Gasteiger partial charge in [0, 0.05) is 11.6 Å². The molecule has 1 unspecified atom stereocenters. The van der Waals surface area contributed by atoms with E-state index in [9.17, 15) is 9.90 Å². The summed E-state index contributed by atoms with van der Waals surface area (Å²) >= 11 is 12.2. The molecule has 0 radical (unpaired) electrons. The first-order chi connectivity index (χ1) is 8.43. The Kier molecular flexibility index (Phi) is 5.45. The molecule has 0 bridgehead atoms. The van der Waals surface area contributed by atoms with Crippen molar-refractivity contribution in [3.8, 4) is 0 Å². The standard InChI is InChI=1S/C13H17Cl2NO2/c1-4-16(5-2)8(3)11-9(13(17)18)6-7-10(14)12(11)15/h6-8H,4-5H2,1-3H3,(H,17,18). The van der Waals surface area contributed by atoms with Crippen LogP contribution in [0.2, 0.25) is 10.0 Å². The predicted molar refractivity (Wildman–Crippen MR) is 74.8 cm³/mol. The number of carbonyl (C=O) groups is 1. The van der Waals surface area contributed by atoms with Crippen LogP contribution in [0.3, 0.4) is 0 Å². The number of benzene rings is 1. The Hall–Kier alpha value is -0.770. The smallest absolute Gasteiger partial charge is 0.336 e. The number of hydrogen-bond acceptors (Lipinski definition) is 2. The highest BCUT2D eigenvalue weighted by atomic mass is 35.5. The molecule has 5 heteroatoms. The largest absolute Gasteiger partial charge is 0.478 e. The average Bonchev–Trinajstić information content (AvgIpc) is 2.33. The summed E-state index contributed by atoms with van der Waals surface area (Å²) in [4.78, 5) is 13.4. The molecule has 1 atom stereocenters. The maximum absolute atomic E-state index is 11.3. The first-order valence-electron chi connectivity index (χ1n) is 5.89. The zero-order valence-corrected chi connectivity index (χ0v) is 12.2. The molecule has 1 N–H and O–H groups in total. The van der Waals surface area contributed by atoms with Gasteiger partial charge < -0.3 is 5.11 Å². The fourth-order valence-electron chi connectivity index (χ4n) is 2.12. The van der Waals surface area contributed by atoms with Crippen LogP contribution < -0.4 is 0 Å². The second kappa shape index (κ2) is 6.41. The van der Waals surface area contributed by atoms with Crippen molar-refractivity contribution in [3.63, 3.8) is 0 Å². The van der Waals surface area contributed by atoms with Crippen molar-refractivity contribution < 1.29 is 9.90 Å². The molecular weight excluding hydrogens is 273 g/mol. The monoisotopic (exact) mass is 289 g/mol. The summed E-state index contributed by atoms with van der Waals surface area (Å²) in [6.45, 7) is 7.63. The van der Waals surface area contributed by atoms with Crippen LogP contribution in [-0.2, 0) is 0 Å². The van der Waals surface area contributed by atoms with Gasteiger partial charge in [-0.3, -0.25) is 4.90 Å². The van der Waals surface area contributed by atoms with Crippen LogP contribution in [0.5, 0.6) is 0 Å². The molecule has 0 fully saturated rings. The third-order valence-corrected chi connectivity index (χ3v) is 3.96. The Morgan fingerprint density at radius 2 is 1.89 bits per heavy atom. The number of nitrogens with zero attached hydrogens (tertiary/aromatic N) is 1. The summed E-state index contributed by atoms with van der Waals surface area (Å²) in [5.41, 5.74) is 0.796. The highest BCUT2D eigenvalue weighted by Gasteiger charge is 2.23. The van der Waals surface area contributed by atoms with E-state index < -0.39 is 5.97 Å². The Morgan fingerprint density at radius 3 is 2.33 bits per heavy atom. The lowest BCUT2D eigenvalue weighted by molar-refractivity contribution is 0.0693. The van der Waals surface area contributed by atoms with Crippen LogP contribution in [0.15, 0.2) is 12.1 Å². The SMILES string of the molecule is CCN(CC)C(C)c1c(C(=O)O)ccc(Cl)c1Cl. The molecule has 1 aromatic rings. The molecule has 0 spiro atoms. The number of carboxylic acid groups (broad SMARTS) is 1. The highest BCUT2D eigenvalue weighted by Crippen LogP contribution is 2.35. The summed E-state index contributed by atoms with van der Waals surface area (Å²) in [5, 5.41) is 9.95. The quantitative estimate of drug-likeness (QED) is 0.887. The minimum absolute atomic E-state index is 0.0858. The molecular formula is C13H17Cl2NO2. The van der Waals surface area contributed by atoms with Crippen LogP contribution in [0.25, 0.3) is 0 Å². The van der Waals surface area contributed by atoms with E-state index >= 15 is 0 Å². The van der Waals surface area contributed by atoms with Gasteiger partial charge in [-0.1, -0.05) is 37.0 Å². The molecule has 0 aliphatic rings. The van der Waals surface area contributed by atoms with E-state index in [0.29, 0.717) is 15.6 Å². The van der Waals surface area contributed by atoms with Crippen LogP contribution in [0, 0.1) is 0 Å². The number of hydrogen-bond donors (Lipinski definition) is 1. The zero-order chi connectivity index (χ0) is 13.9. The van der Waals surface area contributed by atoms with Gasteiger partial charge in [-0.05, 0) is 32.1 Å². The molecule has 0 aliphatic carbocycles. The normalized spacial score (nSPS) is 12.8. The third-order valence-electron chi connectivity index (χ3n) is 3.14. The van der Waals surface area contributed by atoms with Crippen molar-refractivity contribution in [2.75, 3.05) is 13.1 Å². The van der Waals surface area contributed by atoms with Gasteiger partial charge in [0.1, 0.15) is 0 Å². The van der Waals surface area contributed by atoms with Crippen molar-refractivity contribution in [3.05, 3.63) is 33.3 Å². The van der Waals surface area contributed by atoms with Gasteiger partial charge in [0.05, 0.1) is 15.6 Å². The minimum atomic E-state index is -0.984. The van der Waals surface area contributed by atoms with Gasteiger partial charge in [0.2, 0.25) is 0 Å².